The second kappa shape index (κ2) is 10.3. The Morgan fingerprint density at radius 1 is 1.25 bits per heavy atom. The summed E-state index contributed by atoms with van der Waals surface area (Å²) < 4.78 is 0. The van der Waals surface area contributed by atoms with Crippen LogP contribution < -0.4 is 10.6 Å². The second-order valence-corrected chi connectivity index (χ2v) is 7.22. The van der Waals surface area contributed by atoms with Gasteiger partial charge >= 0.3 is 0 Å². The van der Waals surface area contributed by atoms with Crippen molar-refractivity contribution in [2.75, 3.05) is 32.7 Å². The lowest BCUT2D eigenvalue weighted by molar-refractivity contribution is 0.159. The highest BCUT2D eigenvalue weighted by Gasteiger charge is 2.20. The third-order valence-corrected chi connectivity index (χ3v) is 4.39. The third kappa shape index (κ3) is 6.91. The van der Waals surface area contributed by atoms with Crippen LogP contribution in [0.15, 0.2) is 35.3 Å². The fourth-order valence-electron chi connectivity index (χ4n) is 3.34. The lowest BCUT2D eigenvalue weighted by Crippen LogP contribution is -2.45. The number of guanidine groups is 1. The summed E-state index contributed by atoms with van der Waals surface area (Å²) in [5, 5.41) is 6.91. The van der Waals surface area contributed by atoms with Crippen molar-refractivity contribution in [1.82, 2.24) is 15.5 Å². The molecule has 4 nitrogen and oxygen atoms in total. The SMILES string of the molecule is CCNC(=NCc1ccccc1)NCC1CCCN(CC(C)C)C1. The Bertz CT molecular complexity index is 484. The summed E-state index contributed by atoms with van der Waals surface area (Å²) in [4.78, 5) is 7.34. The average Bonchev–Trinajstić information content (AvgIpc) is 2.58. The van der Waals surface area contributed by atoms with Gasteiger partial charge in [0, 0.05) is 26.2 Å². The smallest absolute Gasteiger partial charge is 0.191 e. The third-order valence-electron chi connectivity index (χ3n) is 4.39. The lowest BCUT2D eigenvalue weighted by Gasteiger charge is -2.34. The molecule has 1 aliphatic rings. The number of rotatable bonds is 7. The predicted octanol–water partition coefficient (Wildman–Crippen LogP) is 3.11. The molecule has 1 aliphatic heterocycles. The highest BCUT2D eigenvalue weighted by Crippen LogP contribution is 2.16. The molecule has 2 rings (SSSR count). The fourth-order valence-corrected chi connectivity index (χ4v) is 3.34. The Kier molecular flexibility index (Phi) is 8.10. The molecule has 0 saturated carbocycles. The average molecular weight is 331 g/mol. The molecule has 4 heteroatoms. The number of nitrogens with one attached hydrogen (secondary N) is 2. The van der Waals surface area contributed by atoms with E-state index >= 15 is 0 Å². The molecule has 1 heterocycles. The van der Waals surface area contributed by atoms with Crippen LogP contribution in [0.3, 0.4) is 0 Å². The first-order valence-electron chi connectivity index (χ1n) is 9.45. The van der Waals surface area contributed by atoms with Crippen molar-refractivity contribution in [3.05, 3.63) is 35.9 Å². The van der Waals surface area contributed by atoms with Gasteiger partial charge in [-0.2, -0.15) is 0 Å². The van der Waals surface area contributed by atoms with E-state index < -0.39 is 0 Å². The van der Waals surface area contributed by atoms with Gasteiger partial charge in [-0.15, -0.1) is 0 Å². The van der Waals surface area contributed by atoms with E-state index in [1.54, 1.807) is 0 Å². The fraction of sp³-hybridized carbons (Fsp3) is 0.650. The number of hydrogen-bond donors (Lipinski definition) is 2. The molecule has 2 N–H and O–H groups in total. The molecule has 1 saturated heterocycles. The maximum Gasteiger partial charge on any atom is 0.191 e. The molecule has 1 unspecified atom stereocenters. The Balaban J connectivity index is 1.82. The Hall–Kier alpha value is -1.55. The highest BCUT2D eigenvalue weighted by atomic mass is 15.2. The highest BCUT2D eigenvalue weighted by molar-refractivity contribution is 5.79. The van der Waals surface area contributed by atoms with E-state index in [1.165, 1.54) is 38.0 Å². The van der Waals surface area contributed by atoms with Gasteiger partial charge in [0.2, 0.25) is 0 Å². The molecular weight excluding hydrogens is 296 g/mol. The zero-order chi connectivity index (χ0) is 17.2. The Morgan fingerprint density at radius 3 is 2.75 bits per heavy atom. The number of benzene rings is 1. The molecular formula is C20H34N4. The van der Waals surface area contributed by atoms with Crippen LogP contribution in [0.25, 0.3) is 0 Å². The summed E-state index contributed by atoms with van der Waals surface area (Å²) >= 11 is 0. The van der Waals surface area contributed by atoms with Gasteiger partial charge in [-0.25, -0.2) is 4.99 Å². The first-order chi connectivity index (χ1) is 11.7. The van der Waals surface area contributed by atoms with Gasteiger partial charge in [-0.3, -0.25) is 0 Å². The summed E-state index contributed by atoms with van der Waals surface area (Å²) in [7, 11) is 0. The maximum atomic E-state index is 4.72. The van der Waals surface area contributed by atoms with Gasteiger partial charge in [-0.05, 0) is 43.7 Å². The van der Waals surface area contributed by atoms with Crippen molar-refractivity contribution in [1.29, 1.82) is 0 Å². The van der Waals surface area contributed by atoms with Crippen LogP contribution in [0.5, 0.6) is 0 Å². The van der Waals surface area contributed by atoms with Gasteiger partial charge in [0.15, 0.2) is 5.96 Å². The van der Waals surface area contributed by atoms with E-state index in [2.05, 4.69) is 60.6 Å². The predicted molar refractivity (Wildman–Crippen MR) is 103 cm³/mol. The van der Waals surface area contributed by atoms with Crippen LogP contribution in [0.1, 0.15) is 39.2 Å². The van der Waals surface area contributed by atoms with Crippen LogP contribution in [-0.4, -0.2) is 43.6 Å². The zero-order valence-electron chi connectivity index (χ0n) is 15.6. The number of likely N-dealkylation sites (tertiary alicyclic amines) is 1. The molecule has 0 amide bonds. The van der Waals surface area contributed by atoms with Gasteiger partial charge in [0.05, 0.1) is 6.54 Å². The van der Waals surface area contributed by atoms with Gasteiger partial charge < -0.3 is 15.5 Å². The van der Waals surface area contributed by atoms with Crippen molar-refractivity contribution in [3.63, 3.8) is 0 Å². The van der Waals surface area contributed by atoms with Gasteiger partial charge in [0.25, 0.3) is 0 Å². The van der Waals surface area contributed by atoms with Crippen molar-refractivity contribution < 1.29 is 0 Å². The standard InChI is InChI=1S/C20H34N4/c1-4-21-20(22-13-18-9-6-5-7-10-18)23-14-19-11-8-12-24(16-19)15-17(2)3/h5-7,9-10,17,19H,4,8,11-16H2,1-3H3,(H2,21,22,23). The van der Waals surface area contributed by atoms with Crippen molar-refractivity contribution in [2.24, 2.45) is 16.8 Å². The monoisotopic (exact) mass is 330 g/mol. The van der Waals surface area contributed by atoms with Crippen LogP contribution >= 0.6 is 0 Å². The number of aliphatic imine (C=N–C) groups is 1. The molecule has 134 valence electrons. The molecule has 0 aliphatic carbocycles. The largest absolute Gasteiger partial charge is 0.357 e. The number of hydrogen-bond acceptors (Lipinski definition) is 2. The van der Waals surface area contributed by atoms with Crippen LogP contribution in [0.2, 0.25) is 0 Å². The molecule has 0 spiro atoms. The topological polar surface area (TPSA) is 39.7 Å². The van der Waals surface area contributed by atoms with Crippen molar-refractivity contribution >= 4 is 5.96 Å². The Labute approximate surface area is 147 Å². The molecule has 1 aromatic rings. The second-order valence-electron chi connectivity index (χ2n) is 7.22. The first kappa shape index (κ1) is 18.8. The summed E-state index contributed by atoms with van der Waals surface area (Å²) in [5.41, 5.74) is 1.25. The molecule has 0 radical (unpaired) electrons. The first-order valence-corrected chi connectivity index (χ1v) is 9.45. The zero-order valence-corrected chi connectivity index (χ0v) is 15.6. The van der Waals surface area contributed by atoms with Gasteiger partial charge in [-0.1, -0.05) is 44.2 Å². The molecule has 24 heavy (non-hydrogen) atoms. The minimum absolute atomic E-state index is 0.720. The van der Waals surface area contributed by atoms with Crippen LogP contribution in [-0.2, 0) is 6.54 Å². The summed E-state index contributed by atoms with van der Waals surface area (Å²) in [6, 6.07) is 10.4. The Morgan fingerprint density at radius 2 is 2.04 bits per heavy atom. The van der Waals surface area contributed by atoms with Crippen LogP contribution in [0.4, 0.5) is 0 Å². The van der Waals surface area contributed by atoms with Crippen LogP contribution in [0, 0.1) is 11.8 Å². The molecule has 1 atom stereocenters. The van der Waals surface area contributed by atoms with E-state index in [-0.39, 0.29) is 0 Å². The van der Waals surface area contributed by atoms with Crippen molar-refractivity contribution in [2.45, 2.75) is 40.2 Å². The minimum Gasteiger partial charge on any atom is -0.357 e. The van der Waals surface area contributed by atoms with E-state index in [1.807, 2.05) is 6.07 Å². The van der Waals surface area contributed by atoms with Gasteiger partial charge in [0.1, 0.15) is 0 Å². The molecule has 1 aromatic carbocycles. The maximum absolute atomic E-state index is 4.72. The van der Waals surface area contributed by atoms with Crippen molar-refractivity contribution in [3.8, 4) is 0 Å². The number of piperidine rings is 1. The normalized spacial score (nSPS) is 19.5. The van der Waals surface area contributed by atoms with E-state index in [0.717, 1.165) is 37.4 Å². The van der Waals surface area contributed by atoms with E-state index in [0.29, 0.717) is 0 Å². The molecule has 0 aromatic heterocycles. The summed E-state index contributed by atoms with van der Waals surface area (Å²) in [5.74, 6) is 2.40. The summed E-state index contributed by atoms with van der Waals surface area (Å²) in [6.45, 7) is 13.0. The minimum atomic E-state index is 0.720. The lowest BCUT2D eigenvalue weighted by atomic mass is 9.97. The number of nitrogens with zero attached hydrogens (tertiary/aromatic N) is 2. The van der Waals surface area contributed by atoms with E-state index in [4.69, 9.17) is 4.99 Å². The molecule has 1 fully saturated rings. The van der Waals surface area contributed by atoms with E-state index in [9.17, 15) is 0 Å². The molecule has 0 bridgehead atoms. The summed E-state index contributed by atoms with van der Waals surface area (Å²) in [6.07, 6.45) is 2.64. The quantitative estimate of drug-likeness (QED) is 0.596.